The van der Waals surface area contributed by atoms with Crippen LogP contribution in [-0.2, 0) is 22.2 Å². The van der Waals surface area contributed by atoms with Crippen molar-refractivity contribution < 1.29 is 22.8 Å². The Balaban J connectivity index is 1.30. The van der Waals surface area contributed by atoms with E-state index in [-0.39, 0.29) is 42.3 Å². The first-order valence-electron chi connectivity index (χ1n) is 11.4. The van der Waals surface area contributed by atoms with E-state index in [0.717, 1.165) is 12.3 Å². The number of amides is 2. The molecule has 3 heterocycles. The minimum absolute atomic E-state index is 0.0397. The van der Waals surface area contributed by atoms with Crippen LogP contribution in [0.2, 0.25) is 0 Å². The van der Waals surface area contributed by atoms with Gasteiger partial charge in [0, 0.05) is 25.3 Å². The Labute approximate surface area is 200 Å². The van der Waals surface area contributed by atoms with Gasteiger partial charge in [0.15, 0.2) is 5.82 Å². The van der Waals surface area contributed by atoms with Crippen LogP contribution >= 0.6 is 0 Å². The summed E-state index contributed by atoms with van der Waals surface area (Å²) in [6.45, 7) is 5.78. The third kappa shape index (κ3) is 5.30. The molecule has 35 heavy (non-hydrogen) atoms. The van der Waals surface area contributed by atoms with E-state index >= 15 is 0 Å². The van der Waals surface area contributed by atoms with Crippen LogP contribution in [0, 0.1) is 12.8 Å². The number of fused-ring (bicyclic) bond motifs is 1. The summed E-state index contributed by atoms with van der Waals surface area (Å²) in [6, 6.07) is 1.83. The molecule has 1 fully saturated rings. The standard InChI is InChI=1S/C23H28F3N7O2/c1-11(2)19-21(35)31-18-12(3)28-22(32-20(18)33(19)4)30-15-8-14(9-15)29-17(34)7-13-5-6-16(27-10-13)23(24,25)26/h5-6,10-11,14-15,19H,7-9H2,1-4H3,(H,29,34)(H,31,35)(H,28,30,32)/t14-,15+,19?. The zero-order valence-corrected chi connectivity index (χ0v) is 19.9. The van der Waals surface area contributed by atoms with Crippen molar-refractivity contribution in [1.82, 2.24) is 20.3 Å². The van der Waals surface area contributed by atoms with E-state index in [1.165, 1.54) is 6.07 Å². The van der Waals surface area contributed by atoms with Crippen LogP contribution in [0.25, 0.3) is 0 Å². The van der Waals surface area contributed by atoms with Crippen LogP contribution in [-0.4, -0.2) is 51.9 Å². The molecule has 4 rings (SSSR count). The van der Waals surface area contributed by atoms with Crippen LogP contribution in [0.1, 0.15) is 43.6 Å². The fraction of sp³-hybridized carbons (Fsp3) is 0.522. The number of rotatable bonds is 6. The van der Waals surface area contributed by atoms with Crippen LogP contribution in [0.5, 0.6) is 0 Å². The number of pyridine rings is 1. The number of alkyl halides is 3. The summed E-state index contributed by atoms with van der Waals surface area (Å²) in [4.78, 5) is 39.1. The lowest BCUT2D eigenvalue weighted by molar-refractivity contribution is -0.141. The maximum Gasteiger partial charge on any atom is 0.433 e. The average molecular weight is 492 g/mol. The van der Waals surface area contributed by atoms with E-state index in [9.17, 15) is 22.8 Å². The molecule has 0 aromatic carbocycles. The molecule has 2 aromatic rings. The van der Waals surface area contributed by atoms with Crippen molar-refractivity contribution in [1.29, 1.82) is 0 Å². The van der Waals surface area contributed by atoms with Gasteiger partial charge < -0.3 is 20.9 Å². The molecule has 0 spiro atoms. The Bertz CT molecular complexity index is 1120. The first-order valence-corrected chi connectivity index (χ1v) is 11.4. The molecule has 2 aliphatic rings. The van der Waals surface area contributed by atoms with Gasteiger partial charge in [-0.2, -0.15) is 18.2 Å². The van der Waals surface area contributed by atoms with E-state index < -0.39 is 11.9 Å². The summed E-state index contributed by atoms with van der Waals surface area (Å²) in [5.74, 6) is 0.874. The lowest BCUT2D eigenvalue weighted by atomic mass is 9.86. The Morgan fingerprint density at radius 3 is 2.54 bits per heavy atom. The SMILES string of the molecule is Cc1nc(N[C@H]2C[C@@H](NC(=O)Cc3ccc(C(F)(F)F)nc3)C2)nc2c1NC(=O)C(C(C)C)N2C. The molecule has 2 aromatic heterocycles. The van der Waals surface area contributed by atoms with Crippen LogP contribution in [0.4, 0.5) is 30.6 Å². The number of carbonyl (C=O) groups excluding carboxylic acids is 2. The van der Waals surface area contributed by atoms with Gasteiger partial charge in [-0.3, -0.25) is 14.6 Å². The Hall–Kier alpha value is -3.44. The van der Waals surface area contributed by atoms with Gasteiger partial charge in [0.25, 0.3) is 0 Å². The first kappa shape index (κ1) is 24.7. The van der Waals surface area contributed by atoms with Crippen molar-refractivity contribution in [2.24, 2.45) is 5.92 Å². The number of carbonyl (C=O) groups is 2. The van der Waals surface area contributed by atoms with Crippen molar-refractivity contribution in [3.8, 4) is 0 Å². The van der Waals surface area contributed by atoms with Crippen molar-refractivity contribution in [3.63, 3.8) is 0 Å². The smallest absolute Gasteiger partial charge is 0.353 e. The third-order valence-corrected chi connectivity index (χ3v) is 6.29. The summed E-state index contributed by atoms with van der Waals surface area (Å²) in [7, 11) is 1.85. The molecule has 0 saturated heterocycles. The second-order valence-corrected chi connectivity index (χ2v) is 9.42. The van der Waals surface area contributed by atoms with Gasteiger partial charge in [-0.05, 0) is 37.3 Å². The molecular formula is C23H28F3N7O2. The molecule has 1 aliphatic heterocycles. The topological polar surface area (TPSA) is 112 Å². The summed E-state index contributed by atoms with van der Waals surface area (Å²) < 4.78 is 37.8. The highest BCUT2D eigenvalue weighted by Crippen LogP contribution is 2.35. The molecule has 1 aliphatic carbocycles. The van der Waals surface area contributed by atoms with E-state index in [2.05, 4.69) is 30.9 Å². The molecule has 1 saturated carbocycles. The number of nitrogens with one attached hydrogen (secondary N) is 3. The molecule has 3 N–H and O–H groups in total. The Morgan fingerprint density at radius 2 is 1.94 bits per heavy atom. The van der Waals surface area contributed by atoms with E-state index in [1.54, 1.807) is 0 Å². The molecule has 0 bridgehead atoms. The second-order valence-electron chi connectivity index (χ2n) is 9.42. The fourth-order valence-corrected chi connectivity index (χ4v) is 4.48. The number of anilines is 3. The van der Waals surface area contributed by atoms with Gasteiger partial charge in [-0.1, -0.05) is 19.9 Å². The quantitative estimate of drug-likeness (QED) is 0.570. The van der Waals surface area contributed by atoms with Crippen LogP contribution in [0.15, 0.2) is 18.3 Å². The monoisotopic (exact) mass is 491 g/mol. The lowest BCUT2D eigenvalue weighted by Crippen LogP contribution is -2.51. The Kier molecular flexibility index (Phi) is 6.56. The van der Waals surface area contributed by atoms with Gasteiger partial charge in [0.2, 0.25) is 17.8 Å². The highest BCUT2D eigenvalue weighted by molar-refractivity contribution is 6.03. The Morgan fingerprint density at radius 1 is 1.23 bits per heavy atom. The van der Waals surface area contributed by atoms with Crippen molar-refractivity contribution >= 4 is 29.3 Å². The third-order valence-electron chi connectivity index (χ3n) is 6.29. The van der Waals surface area contributed by atoms with Gasteiger partial charge in [-0.25, -0.2) is 4.98 Å². The normalized spacial score (nSPS) is 21.8. The molecular weight excluding hydrogens is 463 g/mol. The molecule has 2 amide bonds. The number of aryl methyl sites for hydroxylation is 1. The molecule has 0 radical (unpaired) electrons. The highest BCUT2D eigenvalue weighted by Gasteiger charge is 2.36. The number of hydrogen-bond donors (Lipinski definition) is 3. The highest BCUT2D eigenvalue weighted by atomic mass is 19.4. The number of aromatic nitrogens is 3. The maximum atomic E-state index is 12.6. The van der Waals surface area contributed by atoms with Crippen molar-refractivity contribution in [2.45, 2.75) is 64.3 Å². The molecule has 1 unspecified atom stereocenters. The first-order chi connectivity index (χ1) is 16.4. The largest absolute Gasteiger partial charge is 0.433 e. The fourth-order valence-electron chi connectivity index (χ4n) is 4.48. The zero-order valence-electron chi connectivity index (χ0n) is 19.9. The predicted octanol–water partition coefficient (Wildman–Crippen LogP) is 2.91. The summed E-state index contributed by atoms with van der Waals surface area (Å²) in [5.41, 5.74) is 0.700. The molecule has 12 heteroatoms. The van der Waals surface area contributed by atoms with Crippen molar-refractivity contribution in [2.75, 3.05) is 22.6 Å². The number of hydrogen-bond acceptors (Lipinski definition) is 7. The number of likely N-dealkylation sites (N-methyl/N-ethyl adjacent to an activating group) is 1. The van der Waals surface area contributed by atoms with Gasteiger partial charge >= 0.3 is 6.18 Å². The van der Waals surface area contributed by atoms with E-state index in [1.807, 2.05) is 32.7 Å². The number of nitrogens with zero attached hydrogens (tertiary/aromatic N) is 4. The maximum absolute atomic E-state index is 12.6. The van der Waals surface area contributed by atoms with E-state index in [0.29, 0.717) is 41.6 Å². The summed E-state index contributed by atoms with van der Waals surface area (Å²) in [6.07, 6.45) is -2.14. The average Bonchev–Trinajstić information content (AvgIpc) is 2.72. The lowest BCUT2D eigenvalue weighted by Gasteiger charge is -2.38. The van der Waals surface area contributed by atoms with Crippen molar-refractivity contribution in [3.05, 3.63) is 35.3 Å². The predicted molar refractivity (Wildman–Crippen MR) is 124 cm³/mol. The molecule has 188 valence electrons. The summed E-state index contributed by atoms with van der Waals surface area (Å²) >= 11 is 0. The van der Waals surface area contributed by atoms with Gasteiger partial charge in [-0.15, -0.1) is 0 Å². The molecule has 1 atom stereocenters. The zero-order chi connectivity index (χ0) is 25.5. The molecule has 9 nitrogen and oxygen atoms in total. The van der Waals surface area contributed by atoms with Crippen LogP contribution < -0.4 is 20.9 Å². The number of halogens is 3. The van der Waals surface area contributed by atoms with Gasteiger partial charge in [0.1, 0.15) is 17.4 Å². The van der Waals surface area contributed by atoms with Gasteiger partial charge in [0.05, 0.1) is 12.1 Å². The minimum Gasteiger partial charge on any atom is -0.353 e. The minimum atomic E-state index is -4.51. The summed E-state index contributed by atoms with van der Waals surface area (Å²) in [5, 5.41) is 9.10. The van der Waals surface area contributed by atoms with E-state index in [4.69, 9.17) is 0 Å². The van der Waals surface area contributed by atoms with Crippen LogP contribution in [0.3, 0.4) is 0 Å². The second kappa shape index (κ2) is 9.31.